The summed E-state index contributed by atoms with van der Waals surface area (Å²) in [6.45, 7) is 7.36. The number of amides is 2. The van der Waals surface area contributed by atoms with Crippen LogP contribution in [0, 0.1) is 6.92 Å². The average molecular weight is 570 g/mol. The number of carbonyl (C=O) groups is 2. The van der Waals surface area contributed by atoms with E-state index in [-0.39, 0.29) is 23.4 Å². The zero-order chi connectivity index (χ0) is 28.6. The highest BCUT2D eigenvalue weighted by molar-refractivity contribution is 7.92. The fraction of sp³-hybridized carbons (Fsp3) is 0.333. The number of nitrogens with zero attached hydrogens (tertiary/aromatic N) is 2. The highest BCUT2D eigenvalue weighted by Gasteiger charge is 2.33. The molecule has 9 heteroatoms. The molecule has 0 saturated heterocycles. The smallest absolute Gasteiger partial charge is 0.264 e. The molecule has 0 aliphatic heterocycles. The van der Waals surface area contributed by atoms with E-state index in [1.165, 1.54) is 17.0 Å². The summed E-state index contributed by atoms with van der Waals surface area (Å²) in [5.41, 5.74) is 2.21. The van der Waals surface area contributed by atoms with Crippen molar-refractivity contribution in [3.05, 3.63) is 95.0 Å². The summed E-state index contributed by atoms with van der Waals surface area (Å²) >= 11 is 6.07. The molecule has 0 aromatic heterocycles. The molecular formula is C30H36ClN3O4S. The van der Waals surface area contributed by atoms with Gasteiger partial charge in [0.15, 0.2) is 0 Å². The van der Waals surface area contributed by atoms with Gasteiger partial charge in [-0.3, -0.25) is 13.9 Å². The SMILES string of the molecule is CCC(C)NC(=O)C(CC)N(Cc1ccc(C)cc1)C(=O)CN(c1ccc(Cl)cc1)S(=O)(=O)c1ccccc1. The fourth-order valence-corrected chi connectivity index (χ4v) is 5.67. The Morgan fingerprint density at radius 3 is 2.08 bits per heavy atom. The Kier molecular flexibility index (Phi) is 10.5. The lowest BCUT2D eigenvalue weighted by Crippen LogP contribution is -2.53. The lowest BCUT2D eigenvalue weighted by Gasteiger charge is -2.33. The van der Waals surface area contributed by atoms with Gasteiger partial charge in [-0.1, -0.05) is 73.5 Å². The van der Waals surface area contributed by atoms with E-state index in [4.69, 9.17) is 11.6 Å². The van der Waals surface area contributed by atoms with E-state index >= 15 is 0 Å². The van der Waals surface area contributed by atoms with Gasteiger partial charge in [0.25, 0.3) is 10.0 Å². The molecule has 0 aliphatic carbocycles. The van der Waals surface area contributed by atoms with Crippen molar-refractivity contribution in [2.24, 2.45) is 0 Å². The Morgan fingerprint density at radius 2 is 1.51 bits per heavy atom. The van der Waals surface area contributed by atoms with E-state index in [0.717, 1.165) is 21.9 Å². The molecule has 0 radical (unpaired) electrons. The lowest BCUT2D eigenvalue weighted by molar-refractivity contribution is -0.140. The van der Waals surface area contributed by atoms with Crippen molar-refractivity contribution >= 4 is 39.1 Å². The van der Waals surface area contributed by atoms with Gasteiger partial charge in [-0.05, 0) is 68.7 Å². The normalized spacial score (nSPS) is 12.8. The second-order valence-corrected chi connectivity index (χ2v) is 11.8. The Hall–Kier alpha value is -3.36. The molecule has 2 amide bonds. The van der Waals surface area contributed by atoms with Crippen LogP contribution in [0.2, 0.25) is 5.02 Å². The van der Waals surface area contributed by atoms with Crippen LogP contribution in [0.25, 0.3) is 0 Å². The van der Waals surface area contributed by atoms with Gasteiger partial charge in [-0.2, -0.15) is 0 Å². The molecule has 3 aromatic rings. The highest BCUT2D eigenvalue weighted by atomic mass is 35.5. The van der Waals surface area contributed by atoms with Crippen LogP contribution in [0.1, 0.15) is 44.7 Å². The minimum Gasteiger partial charge on any atom is -0.352 e. The third kappa shape index (κ3) is 7.83. The molecule has 3 rings (SSSR count). The van der Waals surface area contributed by atoms with E-state index in [1.54, 1.807) is 42.5 Å². The lowest BCUT2D eigenvalue weighted by atomic mass is 10.1. The summed E-state index contributed by atoms with van der Waals surface area (Å²) in [6.07, 6.45) is 1.11. The highest BCUT2D eigenvalue weighted by Crippen LogP contribution is 2.26. The second kappa shape index (κ2) is 13.6. The van der Waals surface area contributed by atoms with Gasteiger partial charge in [-0.25, -0.2) is 8.42 Å². The number of nitrogens with one attached hydrogen (secondary N) is 1. The minimum atomic E-state index is -4.11. The summed E-state index contributed by atoms with van der Waals surface area (Å²) in [5, 5.41) is 3.42. The first-order valence-electron chi connectivity index (χ1n) is 13.1. The van der Waals surface area contributed by atoms with Crippen LogP contribution >= 0.6 is 11.6 Å². The molecule has 1 N–H and O–H groups in total. The molecule has 39 heavy (non-hydrogen) atoms. The van der Waals surface area contributed by atoms with Crippen molar-refractivity contribution in [3.8, 4) is 0 Å². The van der Waals surface area contributed by atoms with E-state index in [2.05, 4.69) is 5.32 Å². The number of halogens is 1. The zero-order valence-corrected chi connectivity index (χ0v) is 24.4. The molecule has 2 unspecified atom stereocenters. The van der Waals surface area contributed by atoms with Gasteiger partial charge in [-0.15, -0.1) is 0 Å². The Morgan fingerprint density at radius 1 is 0.897 bits per heavy atom. The van der Waals surface area contributed by atoms with Crippen molar-refractivity contribution in [1.82, 2.24) is 10.2 Å². The molecule has 2 atom stereocenters. The number of anilines is 1. The van der Waals surface area contributed by atoms with Crippen molar-refractivity contribution in [3.63, 3.8) is 0 Å². The number of benzene rings is 3. The molecule has 0 fully saturated rings. The van der Waals surface area contributed by atoms with Crippen LogP contribution in [0.4, 0.5) is 5.69 Å². The van der Waals surface area contributed by atoms with Crippen LogP contribution < -0.4 is 9.62 Å². The molecule has 0 spiro atoms. The van der Waals surface area contributed by atoms with E-state index in [0.29, 0.717) is 17.1 Å². The molecule has 0 aliphatic rings. The molecule has 208 valence electrons. The van der Waals surface area contributed by atoms with Gasteiger partial charge in [0.05, 0.1) is 10.6 Å². The fourth-order valence-electron chi connectivity index (χ4n) is 4.11. The average Bonchev–Trinajstić information content (AvgIpc) is 2.93. The van der Waals surface area contributed by atoms with Crippen LogP contribution in [0.15, 0.2) is 83.8 Å². The summed E-state index contributed by atoms with van der Waals surface area (Å²) in [6, 6.07) is 21.1. The summed E-state index contributed by atoms with van der Waals surface area (Å²) in [7, 11) is -4.11. The largest absolute Gasteiger partial charge is 0.352 e. The summed E-state index contributed by atoms with van der Waals surface area (Å²) < 4.78 is 28.6. The monoisotopic (exact) mass is 569 g/mol. The molecule has 7 nitrogen and oxygen atoms in total. The van der Waals surface area contributed by atoms with E-state index < -0.39 is 28.5 Å². The van der Waals surface area contributed by atoms with Gasteiger partial charge < -0.3 is 10.2 Å². The topological polar surface area (TPSA) is 86.8 Å². The number of rotatable bonds is 12. The molecular weight excluding hydrogens is 534 g/mol. The van der Waals surface area contributed by atoms with Crippen molar-refractivity contribution in [2.45, 2.75) is 64.1 Å². The molecule has 0 bridgehead atoms. The quantitative estimate of drug-likeness (QED) is 0.309. The summed E-state index contributed by atoms with van der Waals surface area (Å²) in [5.74, 6) is -0.757. The van der Waals surface area contributed by atoms with Gasteiger partial charge in [0.1, 0.15) is 12.6 Å². The van der Waals surface area contributed by atoms with Gasteiger partial charge >= 0.3 is 0 Å². The van der Waals surface area contributed by atoms with E-state index in [9.17, 15) is 18.0 Å². The third-order valence-corrected chi connectivity index (χ3v) is 8.63. The molecule has 3 aromatic carbocycles. The predicted molar refractivity (Wildman–Crippen MR) is 156 cm³/mol. The number of hydrogen-bond acceptors (Lipinski definition) is 4. The first kappa shape index (κ1) is 30.2. The molecule has 0 heterocycles. The van der Waals surface area contributed by atoms with Crippen LogP contribution in [0.3, 0.4) is 0 Å². The van der Waals surface area contributed by atoms with Crippen LogP contribution in [-0.4, -0.2) is 43.8 Å². The third-order valence-electron chi connectivity index (χ3n) is 6.59. The maximum Gasteiger partial charge on any atom is 0.264 e. The van der Waals surface area contributed by atoms with Gasteiger partial charge in [0.2, 0.25) is 11.8 Å². The van der Waals surface area contributed by atoms with Crippen molar-refractivity contribution in [2.75, 3.05) is 10.8 Å². The minimum absolute atomic E-state index is 0.0550. The first-order chi connectivity index (χ1) is 18.6. The number of hydrogen-bond donors (Lipinski definition) is 1. The number of sulfonamides is 1. The Labute approximate surface area is 236 Å². The Bertz CT molecular complexity index is 1350. The standard InChI is InChI=1S/C30H36ClN3O4S/c1-5-23(4)32-30(36)28(6-2)33(20-24-14-12-22(3)13-15-24)29(35)21-34(26-18-16-25(31)17-19-26)39(37,38)27-10-8-7-9-11-27/h7-19,23,28H,5-6,20-21H2,1-4H3,(H,32,36). The van der Waals surface area contributed by atoms with Gasteiger partial charge in [0, 0.05) is 17.6 Å². The zero-order valence-electron chi connectivity index (χ0n) is 22.8. The van der Waals surface area contributed by atoms with Crippen molar-refractivity contribution in [1.29, 1.82) is 0 Å². The predicted octanol–water partition coefficient (Wildman–Crippen LogP) is 5.57. The van der Waals surface area contributed by atoms with Crippen LogP contribution in [0.5, 0.6) is 0 Å². The van der Waals surface area contributed by atoms with Crippen LogP contribution in [-0.2, 0) is 26.2 Å². The molecule has 0 saturated carbocycles. The number of aryl methyl sites for hydroxylation is 1. The first-order valence-corrected chi connectivity index (χ1v) is 14.9. The van der Waals surface area contributed by atoms with E-state index in [1.807, 2.05) is 52.0 Å². The second-order valence-electron chi connectivity index (χ2n) is 9.55. The number of carbonyl (C=O) groups excluding carboxylic acids is 2. The maximum absolute atomic E-state index is 14.0. The summed E-state index contributed by atoms with van der Waals surface area (Å²) in [4.78, 5) is 28.8. The Balaban J connectivity index is 2.03. The van der Waals surface area contributed by atoms with Crippen molar-refractivity contribution < 1.29 is 18.0 Å². The maximum atomic E-state index is 14.0.